The zero-order valence-electron chi connectivity index (χ0n) is 5.43. The van der Waals surface area contributed by atoms with Crippen LogP contribution in [0.5, 0.6) is 0 Å². The molecule has 52 valence electrons. The number of halogens is 1. The SMILES string of the molecule is Cc1cc([S+]=O)ccc1Cl. The molecule has 0 radical (unpaired) electrons. The highest BCUT2D eigenvalue weighted by Gasteiger charge is 2.06. The topological polar surface area (TPSA) is 17.1 Å². The zero-order chi connectivity index (χ0) is 7.56. The smallest absolute Gasteiger partial charge is 0.0840 e. The molecule has 0 aliphatic heterocycles. The minimum atomic E-state index is 0.483. The van der Waals surface area contributed by atoms with E-state index in [1.54, 1.807) is 18.2 Å². The molecular weight excluding hydrogens is 168 g/mol. The molecule has 0 fully saturated rings. The van der Waals surface area contributed by atoms with Crippen molar-refractivity contribution in [3.63, 3.8) is 0 Å². The van der Waals surface area contributed by atoms with E-state index in [0.717, 1.165) is 5.56 Å². The van der Waals surface area contributed by atoms with Crippen LogP contribution in [0.3, 0.4) is 0 Å². The van der Waals surface area contributed by atoms with Crippen molar-refractivity contribution in [2.24, 2.45) is 0 Å². The summed E-state index contributed by atoms with van der Waals surface area (Å²) in [5.41, 5.74) is 0.947. The van der Waals surface area contributed by atoms with E-state index in [0.29, 0.717) is 21.6 Å². The van der Waals surface area contributed by atoms with Gasteiger partial charge in [-0.25, -0.2) is 0 Å². The molecule has 10 heavy (non-hydrogen) atoms. The summed E-state index contributed by atoms with van der Waals surface area (Å²) in [5.74, 6) is 0. The van der Waals surface area contributed by atoms with Gasteiger partial charge in [0, 0.05) is 21.4 Å². The molecule has 0 aliphatic carbocycles. The summed E-state index contributed by atoms with van der Waals surface area (Å²) in [6, 6.07) is 5.23. The molecule has 0 bridgehead atoms. The van der Waals surface area contributed by atoms with Gasteiger partial charge in [0.1, 0.15) is 0 Å². The summed E-state index contributed by atoms with van der Waals surface area (Å²) in [5, 5.41) is 0.706. The maximum atomic E-state index is 10.3. The molecule has 0 heterocycles. The van der Waals surface area contributed by atoms with Crippen LogP contribution >= 0.6 is 11.6 Å². The quantitative estimate of drug-likeness (QED) is 0.597. The minimum Gasteiger partial charge on any atom is -0.0840 e. The molecule has 1 aromatic carbocycles. The van der Waals surface area contributed by atoms with Crippen LogP contribution in [-0.4, -0.2) is 0 Å². The molecule has 0 spiro atoms. The van der Waals surface area contributed by atoms with E-state index < -0.39 is 0 Å². The highest BCUT2D eigenvalue weighted by atomic mass is 35.5. The molecule has 0 amide bonds. The Morgan fingerprint density at radius 1 is 1.50 bits per heavy atom. The van der Waals surface area contributed by atoms with Gasteiger partial charge in [-0.3, -0.25) is 0 Å². The van der Waals surface area contributed by atoms with E-state index in [1.807, 2.05) is 6.92 Å². The molecule has 0 saturated carbocycles. The Bertz CT molecular complexity index is 260. The summed E-state index contributed by atoms with van der Waals surface area (Å²) >= 11 is 6.21. The molecule has 1 aromatic rings. The lowest BCUT2D eigenvalue weighted by molar-refractivity contribution is 0.605. The van der Waals surface area contributed by atoms with Gasteiger partial charge < -0.3 is 0 Å². The van der Waals surface area contributed by atoms with Crippen LogP contribution < -0.4 is 0 Å². The Balaban J connectivity index is 3.16. The van der Waals surface area contributed by atoms with Gasteiger partial charge in [-0.1, -0.05) is 11.6 Å². The molecule has 1 nitrogen and oxygen atoms in total. The lowest BCUT2D eigenvalue weighted by Crippen LogP contribution is -1.77. The summed E-state index contributed by atoms with van der Waals surface area (Å²) in [4.78, 5) is 0.710. The Labute approximate surface area is 68.5 Å². The largest absolute Gasteiger partial charge is 0.505 e. The van der Waals surface area contributed by atoms with Gasteiger partial charge in [0.25, 0.3) is 4.90 Å². The average molecular weight is 174 g/mol. The first kappa shape index (κ1) is 7.63. The Morgan fingerprint density at radius 2 is 2.20 bits per heavy atom. The van der Waals surface area contributed by atoms with Crippen LogP contribution in [0.1, 0.15) is 5.56 Å². The summed E-state index contributed by atoms with van der Waals surface area (Å²) in [7, 11) is 0. The fourth-order valence-corrected chi connectivity index (χ4v) is 1.14. The van der Waals surface area contributed by atoms with Crippen molar-refractivity contribution in [2.75, 3.05) is 0 Å². The van der Waals surface area contributed by atoms with Gasteiger partial charge in [-0.05, 0) is 18.6 Å². The van der Waals surface area contributed by atoms with Crippen molar-refractivity contribution in [3.8, 4) is 0 Å². The molecule has 0 aromatic heterocycles. The summed E-state index contributed by atoms with van der Waals surface area (Å²) < 4.78 is 10.3. The molecule has 3 heteroatoms. The molecule has 0 atom stereocenters. The molecular formula is C7H6ClOS+. The third-order valence-corrected chi connectivity index (χ3v) is 2.10. The third-order valence-electron chi connectivity index (χ3n) is 1.23. The zero-order valence-corrected chi connectivity index (χ0v) is 7.00. The van der Waals surface area contributed by atoms with Gasteiger partial charge in [0.05, 0.1) is 0 Å². The van der Waals surface area contributed by atoms with Crippen molar-refractivity contribution in [2.45, 2.75) is 11.8 Å². The summed E-state index contributed by atoms with van der Waals surface area (Å²) in [6.45, 7) is 1.88. The normalized spacial score (nSPS) is 9.40. The van der Waals surface area contributed by atoms with E-state index in [-0.39, 0.29) is 0 Å². The van der Waals surface area contributed by atoms with E-state index in [9.17, 15) is 4.21 Å². The fraction of sp³-hybridized carbons (Fsp3) is 0.143. The van der Waals surface area contributed by atoms with Gasteiger partial charge >= 0.3 is 11.7 Å². The van der Waals surface area contributed by atoms with Crippen molar-refractivity contribution < 1.29 is 4.21 Å². The van der Waals surface area contributed by atoms with Gasteiger partial charge in [0.15, 0.2) is 0 Å². The lowest BCUT2D eigenvalue weighted by atomic mass is 10.2. The number of hydrogen-bond donors (Lipinski definition) is 0. The van der Waals surface area contributed by atoms with E-state index in [1.165, 1.54) is 0 Å². The van der Waals surface area contributed by atoms with E-state index in [4.69, 9.17) is 11.6 Å². The predicted molar refractivity (Wildman–Crippen MR) is 42.5 cm³/mol. The van der Waals surface area contributed by atoms with Crippen LogP contribution in [0.4, 0.5) is 0 Å². The first-order chi connectivity index (χ1) is 4.74. The molecule has 0 saturated heterocycles. The second kappa shape index (κ2) is 3.08. The van der Waals surface area contributed by atoms with Gasteiger partial charge in [-0.2, -0.15) is 0 Å². The average Bonchev–Trinajstić information content (AvgIpc) is 1.95. The number of aryl methyl sites for hydroxylation is 1. The second-order valence-corrected chi connectivity index (χ2v) is 3.04. The maximum Gasteiger partial charge on any atom is 0.505 e. The first-order valence-electron chi connectivity index (χ1n) is 2.80. The predicted octanol–water partition coefficient (Wildman–Crippen LogP) is 2.44. The van der Waals surface area contributed by atoms with Crippen LogP contribution in [0, 0.1) is 6.92 Å². The van der Waals surface area contributed by atoms with Gasteiger partial charge in [0.2, 0.25) is 0 Å². The van der Waals surface area contributed by atoms with Crippen LogP contribution in [0.15, 0.2) is 23.1 Å². The Kier molecular flexibility index (Phi) is 2.35. The Hall–Kier alpha value is -0.470. The second-order valence-electron chi connectivity index (χ2n) is 1.99. The lowest BCUT2D eigenvalue weighted by Gasteiger charge is -1.90. The number of hydrogen-bond acceptors (Lipinski definition) is 1. The van der Waals surface area contributed by atoms with Crippen LogP contribution in [-0.2, 0) is 15.9 Å². The highest BCUT2D eigenvalue weighted by Crippen LogP contribution is 2.15. The van der Waals surface area contributed by atoms with Crippen molar-refractivity contribution in [3.05, 3.63) is 28.8 Å². The number of benzene rings is 1. The monoisotopic (exact) mass is 173 g/mol. The van der Waals surface area contributed by atoms with E-state index >= 15 is 0 Å². The van der Waals surface area contributed by atoms with E-state index in [2.05, 4.69) is 0 Å². The highest BCUT2D eigenvalue weighted by molar-refractivity contribution is 7.65. The number of rotatable bonds is 1. The summed E-state index contributed by atoms with van der Waals surface area (Å²) in [6.07, 6.45) is 0. The van der Waals surface area contributed by atoms with Crippen molar-refractivity contribution in [1.29, 1.82) is 0 Å². The fourth-order valence-electron chi connectivity index (χ4n) is 0.669. The van der Waals surface area contributed by atoms with Crippen LogP contribution in [0.2, 0.25) is 5.02 Å². The third kappa shape index (κ3) is 1.52. The molecule has 0 unspecified atom stereocenters. The molecule has 0 N–H and O–H groups in total. The van der Waals surface area contributed by atoms with Crippen molar-refractivity contribution >= 4 is 23.3 Å². The van der Waals surface area contributed by atoms with Crippen molar-refractivity contribution in [1.82, 2.24) is 0 Å². The molecule has 0 aliphatic rings. The minimum absolute atomic E-state index is 0.483. The van der Waals surface area contributed by atoms with Gasteiger partial charge in [-0.15, -0.1) is 0 Å². The maximum absolute atomic E-state index is 10.3. The standard InChI is InChI=1S/C7H6ClOS/c1-5-4-6(10-9)2-3-7(5)8/h2-4H,1H3/q+1. The van der Waals surface area contributed by atoms with Crippen LogP contribution in [0.25, 0.3) is 0 Å². The molecule has 1 rings (SSSR count). The Morgan fingerprint density at radius 3 is 2.70 bits per heavy atom. The first-order valence-corrected chi connectivity index (χ1v) is 3.92.